The fourth-order valence-electron chi connectivity index (χ4n) is 1.46. The van der Waals surface area contributed by atoms with E-state index in [0.29, 0.717) is 0 Å². The minimum Gasteiger partial charge on any atom is -0.256 e. The Morgan fingerprint density at radius 3 is 2.67 bits per heavy atom. The van der Waals surface area contributed by atoms with Gasteiger partial charge in [-0.15, -0.1) is 0 Å². The van der Waals surface area contributed by atoms with Crippen LogP contribution in [0.2, 0.25) is 0 Å². The van der Waals surface area contributed by atoms with Crippen LogP contribution in [0.15, 0.2) is 24.4 Å². The molecule has 1 aliphatic rings. The highest BCUT2D eigenvalue weighted by atomic mass is 14.7. The summed E-state index contributed by atoms with van der Waals surface area (Å²) in [4.78, 5) is 4.41. The Balaban J connectivity index is 0.000000531. The van der Waals surface area contributed by atoms with Crippen molar-refractivity contribution >= 4 is 12.2 Å². The fourth-order valence-corrected chi connectivity index (χ4v) is 1.46. The number of pyridine rings is 1. The van der Waals surface area contributed by atoms with E-state index in [9.17, 15) is 0 Å². The van der Waals surface area contributed by atoms with Crippen molar-refractivity contribution < 1.29 is 0 Å². The smallest absolute Gasteiger partial charge is 0.0698 e. The van der Waals surface area contributed by atoms with Gasteiger partial charge in [0.2, 0.25) is 0 Å². The molecule has 15 heavy (non-hydrogen) atoms. The molecule has 0 aromatic carbocycles. The molecule has 80 valence electrons. The second-order valence-electron chi connectivity index (χ2n) is 3.21. The maximum absolute atomic E-state index is 4.41. The van der Waals surface area contributed by atoms with Crippen LogP contribution in [0.5, 0.6) is 0 Å². The minimum atomic E-state index is 1.01. The van der Waals surface area contributed by atoms with Crippen LogP contribution in [-0.2, 0) is 6.42 Å². The van der Waals surface area contributed by atoms with Crippen molar-refractivity contribution in [2.45, 2.75) is 33.6 Å². The van der Waals surface area contributed by atoms with Gasteiger partial charge in [0.05, 0.1) is 5.69 Å². The summed E-state index contributed by atoms with van der Waals surface area (Å²) in [6.45, 7) is 6.15. The summed E-state index contributed by atoms with van der Waals surface area (Å²) in [5, 5.41) is 0. The first-order chi connectivity index (χ1) is 7.40. The summed E-state index contributed by atoms with van der Waals surface area (Å²) in [5.74, 6) is 0. The lowest BCUT2D eigenvalue weighted by Gasteiger charge is -2.01. The third-order valence-corrected chi connectivity index (χ3v) is 2.26. The van der Waals surface area contributed by atoms with Gasteiger partial charge in [-0.2, -0.15) is 0 Å². The van der Waals surface area contributed by atoms with E-state index >= 15 is 0 Å². The number of allylic oxidation sites excluding steroid dienone is 2. The second kappa shape index (κ2) is 6.18. The van der Waals surface area contributed by atoms with Gasteiger partial charge in [0, 0.05) is 11.8 Å². The quantitative estimate of drug-likeness (QED) is 0.666. The summed E-state index contributed by atoms with van der Waals surface area (Å²) in [5.41, 5.74) is 3.64. The van der Waals surface area contributed by atoms with Crippen molar-refractivity contribution in [3.8, 4) is 0 Å². The summed E-state index contributed by atoms with van der Waals surface area (Å²) < 4.78 is 0. The van der Waals surface area contributed by atoms with Crippen LogP contribution in [-0.4, -0.2) is 4.98 Å². The summed E-state index contributed by atoms with van der Waals surface area (Å²) >= 11 is 0. The Morgan fingerprint density at radius 1 is 1.20 bits per heavy atom. The van der Waals surface area contributed by atoms with Crippen molar-refractivity contribution in [2.75, 3.05) is 0 Å². The predicted octanol–water partition coefficient (Wildman–Crippen LogP) is 4.10. The third kappa shape index (κ3) is 3.05. The number of aromatic nitrogens is 1. The van der Waals surface area contributed by atoms with Gasteiger partial charge in [0.15, 0.2) is 0 Å². The molecule has 0 amide bonds. The van der Waals surface area contributed by atoms with E-state index in [0.717, 1.165) is 18.5 Å². The molecule has 0 unspecified atom stereocenters. The highest BCUT2D eigenvalue weighted by molar-refractivity contribution is 5.65. The highest BCUT2D eigenvalue weighted by Crippen LogP contribution is 2.16. The number of aryl methyl sites for hydroxylation is 1. The maximum atomic E-state index is 4.41. The molecule has 0 bridgehead atoms. The van der Waals surface area contributed by atoms with E-state index < -0.39 is 0 Å². The summed E-state index contributed by atoms with van der Waals surface area (Å²) in [6.07, 6.45) is 12.6. The van der Waals surface area contributed by atoms with Crippen LogP contribution in [0.4, 0.5) is 0 Å². The lowest BCUT2D eigenvalue weighted by Crippen LogP contribution is -1.89. The first-order valence-electron chi connectivity index (χ1n) is 5.72. The van der Waals surface area contributed by atoms with Gasteiger partial charge in [0.1, 0.15) is 0 Å². The molecular weight excluding hydrogens is 182 g/mol. The number of rotatable bonds is 1. The molecule has 1 aromatic rings. The van der Waals surface area contributed by atoms with Crippen molar-refractivity contribution in [2.24, 2.45) is 0 Å². The molecule has 0 saturated heterocycles. The van der Waals surface area contributed by atoms with Gasteiger partial charge in [-0.1, -0.05) is 39.0 Å². The van der Waals surface area contributed by atoms with Gasteiger partial charge in [-0.05, 0) is 30.5 Å². The molecular formula is C14H19N. The van der Waals surface area contributed by atoms with Crippen molar-refractivity contribution in [1.82, 2.24) is 4.98 Å². The van der Waals surface area contributed by atoms with Gasteiger partial charge in [-0.3, -0.25) is 4.98 Å². The maximum Gasteiger partial charge on any atom is 0.0698 e. The average molecular weight is 201 g/mol. The van der Waals surface area contributed by atoms with E-state index in [4.69, 9.17) is 0 Å². The zero-order valence-electron chi connectivity index (χ0n) is 9.83. The molecule has 1 heteroatoms. The molecule has 1 nitrogen and oxygen atoms in total. The Hall–Kier alpha value is -1.37. The fraction of sp³-hybridized carbons (Fsp3) is 0.357. The van der Waals surface area contributed by atoms with Crippen molar-refractivity contribution in [3.05, 3.63) is 41.2 Å². The van der Waals surface area contributed by atoms with Crippen LogP contribution in [0.1, 0.15) is 44.0 Å². The molecule has 2 rings (SSSR count). The average Bonchev–Trinajstić information content (AvgIpc) is 2.55. The van der Waals surface area contributed by atoms with Gasteiger partial charge >= 0.3 is 0 Å². The van der Waals surface area contributed by atoms with E-state index in [1.807, 2.05) is 20.0 Å². The molecule has 0 N–H and O–H groups in total. The molecule has 1 aliphatic carbocycles. The molecule has 0 spiro atoms. The predicted molar refractivity (Wildman–Crippen MR) is 67.6 cm³/mol. The zero-order chi connectivity index (χ0) is 11.1. The standard InChI is InChI=1S/C12H13N.C2H6/c1-2-10-8-11-6-4-3-5-7-12(11)13-9-10;1-2/h4-9H,2-3H2,1H3;1-2H3. The molecule has 0 atom stereocenters. The summed E-state index contributed by atoms with van der Waals surface area (Å²) in [6, 6.07) is 2.22. The Morgan fingerprint density at radius 2 is 1.93 bits per heavy atom. The number of nitrogens with zero attached hydrogens (tertiary/aromatic N) is 1. The summed E-state index contributed by atoms with van der Waals surface area (Å²) in [7, 11) is 0. The van der Waals surface area contributed by atoms with E-state index in [-0.39, 0.29) is 0 Å². The van der Waals surface area contributed by atoms with Crippen LogP contribution >= 0.6 is 0 Å². The molecule has 1 heterocycles. The van der Waals surface area contributed by atoms with Crippen LogP contribution in [0, 0.1) is 0 Å². The topological polar surface area (TPSA) is 12.9 Å². The Kier molecular flexibility index (Phi) is 4.82. The number of fused-ring (bicyclic) bond motifs is 1. The molecule has 0 saturated carbocycles. The van der Waals surface area contributed by atoms with Crippen LogP contribution < -0.4 is 0 Å². The van der Waals surface area contributed by atoms with Crippen LogP contribution in [0.3, 0.4) is 0 Å². The first-order valence-corrected chi connectivity index (χ1v) is 5.72. The first kappa shape index (κ1) is 11.7. The SMILES string of the molecule is CC.CCc1cnc2c(c1)C=CCC=C2. The van der Waals surface area contributed by atoms with Crippen LogP contribution in [0.25, 0.3) is 12.2 Å². The second-order valence-corrected chi connectivity index (χ2v) is 3.21. The van der Waals surface area contributed by atoms with Gasteiger partial charge in [0.25, 0.3) is 0 Å². The Labute approximate surface area is 92.6 Å². The molecule has 1 aromatic heterocycles. The number of hydrogen-bond donors (Lipinski definition) is 0. The minimum absolute atomic E-state index is 1.01. The highest BCUT2D eigenvalue weighted by Gasteiger charge is 2.00. The molecule has 0 radical (unpaired) electrons. The van der Waals surface area contributed by atoms with E-state index in [2.05, 4.69) is 42.3 Å². The third-order valence-electron chi connectivity index (χ3n) is 2.26. The van der Waals surface area contributed by atoms with Crippen molar-refractivity contribution in [1.29, 1.82) is 0 Å². The molecule has 0 aliphatic heterocycles. The normalized spacial score (nSPS) is 12.5. The van der Waals surface area contributed by atoms with E-state index in [1.54, 1.807) is 0 Å². The Bertz CT molecular complexity index is 362. The van der Waals surface area contributed by atoms with E-state index in [1.165, 1.54) is 11.1 Å². The van der Waals surface area contributed by atoms with Gasteiger partial charge in [-0.25, -0.2) is 0 Å². The zero-order valence-corrected chi connectivity index (χ0v) is 9.83. The monoisotopic (exact) mass is 201 g/mol. The largest absolute Gasteiger partial charge is 0.256 e. The number of hydrogen-bond acceptors (Lipinski definition) is 1. The lowest BCUT2D eigenvalue weighted by atomic mass is 10.1. The molecule has 0 fully saturated rings. The lowest BCUT2D eigenvalue weighted by molar-refractivity contribution is 1.09. The van der Waals surface area contributed by atoms with Crippen molar-refractivity contribution in [3.63, 3.8) is 0 Å². The van der Waals surface area contributed by atoms with Gasteiger partial charge < -0.3 is 0 Å².